The molecule has 2 aromatic rings. The van der Waals surface area contributed by atoms with Gasteiger partial charge < -0.3 is 10.4 Å². The molecule has 1 aliphatic rings. The lowest BCUT2D eigenvalue weighted by atomic mass is 9.89. The average Bonchev–Trinajstić information content (AvgIpc) is 2.36. The van der Waals surface area contributed by atoms with Crippen LogP contribution in [0.15, 0.2) is 30.6 Å². The van der Waals surface area contributed by atoms with Crippen LogP contribution in [0.5, 0.6) is 0 Å². The number of aromatic nitrogens is 2. The molecule has 0 radical (unpaired) electrons. The summed E-state index contributed by atoms with van der Waals surface area (Å²) in [5.74, 6) is -0.155. The second-order valence-electron chi connectivity index (χ2n) is 4.53. The van der Waals surface area contributed by atoms with E-state index in [0.717, 1.165) is 0 Å². The summed E-state index contributed by atoms with van der Waals surface area (Å²) in [5, 5.41) is 12.1. The molecule has 3 rings (SSSR count). The van der Waals surface area contributed by atoms with Gasteiger partial charge in [-0.05, 0) is 25.0 Å². The van der Waals surface area contributed by atoms with E-state index in [4.69, 9.17) is 0 Å². The Balaban J connectivity index is 1.87. The lowest BCUT2D eigenvalue weighted by molar-refractivity contribution is 0.0563. The number of hydrogen-bond donors (Lipinski definition) is 2. The normalized spacial score (nSPS) is 22.5. The fourth-order valence-electron chi connectivity index (χ4n) is 2.14. The number of hydrogen-bond acceptors (Lipinski definition) is 4. The maximum atomic E-state index is 12.1. The molecule has 1 amide bonds. The summed E-state index contributed by atoms with van der Waals surface area (Å²) in [6.07, 6.45) is 4.16. The van der Waals surface area contributed by atoms with Gasteiger partial charge in [0, 0.05) is 18.4 Å². The van der Waals surface area contributed by atoms with E-state index < -0.39 is 0 Å². The summed E-state index contributed by atoms with van der Waals surface area (Å²) in [4.78, 5) is 20.5. The van der Waals surface area contributed by atoms with Gasteiger partial charge in [-0.2, -0.15) is 0 Å². The van der Waals surface area contributed by atoms with Crippen molar-refractivity contribution in [2.24, 2.45) is 0 Å². The molecule has 1 aromatic heterocycles. The number of rotatable bonds is 2. The Bertz CT molecular complexity index is 588. The van der Waals surface area contributed by atoms with Gasteiger partial charge in [0.1, 0.15) is 5.52 Å². The van der Waals surface area contributed by atoms with Crippen LogP contribution >= 0.6 is 0 Å². The van der Waals surface area contributed by atoms with Gasteiger partial charge in [-0.3, -0.25) is 14.8 Å². The molecule has 0 spiro atoms. The zero-order valence-corrected chi connectivity index (χ0v) is 9.71. The highest BCUT2D eigenvalue weighted by Gasteiger charge is 2.29. The predicted octanol–water partition coefficient (Wildman–Crippen LogP) is 0.883. The number of aliphatic hydroxyl groups is 1. The maximum Gasteiger partial charge on any atom is 0.253 e. The molecule has 5 nitrogen and oxygen atoms in total. The zero-order chi connectivity index (χ0) is 12.5. The lowest BCUT2D eigenvalue weighted by Gasteiger charge is -2.31. The molecular weight excluding hydrogens is 230 g/mol. The van der Waals surface area contributed by atoms with Gasteiger partial charge >= 0.3 is 0 Å². The smallest absolute Gasteiger partial charge is 0.253 e. The fraction of sp³-hybridized carbons (Fsp3) is 0.308. The van der Waals surface area contributed by atoms with Crippen molar-refractivity contribution < 1.29 is 9.90 Å². The number of carbonyl (C=O) groups is 1. The molecule has 18 heavy (non-hydrogen) atoms. The quantitative estimate of drug-likeness (QED) is 0.821. The zero-order valence-electron chi connectivity index (χ0n) is 9.71. The summed E-state index contributed by atoms with van der Waals surface area (Å²) in [5.41, 5.74) is 1.85. The molecule has 1 aromatic carbocycles. The van der Waals surface area contributed by atoms with Gasteiger partial charge in [0.2, 0.25) is 0 Å². The van der Waals surface area contributed by atoms with E-state index in [1.807, 2.05) is 6.07 Å². The minimum Gasteiger partial charge on any atom is -0.393 e. The van der Waals surface area contributed by atoms with Gasteiger partial charge in [0.15, 0.2) is 0 Å². The molecule has 0 bridgehead atoms. The second-order valence-corrected chi connectivity index (χ2v) is 4.53. The number of nitrogens with one attached hydrogen (secondary N) is 1. The van der Waals surface area contributed by atoms with Gasteiger partial charge in [-0.15, -0.1) is 0 Å². The SMILES string of the molecule is O=C(NC1CC(O)C1)c1cccc2nccnc12. The number of aliphatic hydroxyl groups excluding tert-OH is 1. The van der Waals surface area contributed by atoms with Crippen molar-refractivity contribution in [3.05, 3.63) is 36.2 Å². The summed E-state index contributed by atoms with van der Waals surface area (Å²) in [6.45, 7) is 0. The van der Waals surface area contributed by atoms with Crippen LogP contribution in [0.1, 0.15) is 23.2 Å². The molecule has 1 heterocycles. The van der Waals surface area contributed by atoms with Crippen LogP contribution in [0, 0.1) is 0 Å². The van der Waals surface area contributed by atoms with Gasteiger partial charge in [-0.1, -0.05) is 6.07 Å². The van der Waals surface area contributed by atoms with Crippen molar-refractivity contribution in [1.82, 2.24) is 15.3 Å². The first-order valence-corrected chi connectivity index (χ1v) is 5.92. The van der Waals surface area contributed by atoms with Crippen LogP contribution in [0.2, 0.25) is 0 Å². The van der Waals surface area contributed by atoms with Crippen molar-refractivity contribution in [2.45, 2.75) is 25.0 Å². The van der Waals surface area contributed by atoms with E-state index in [1.54, 1.807) is 24.5 Å². The predicted molar refractivity (Wildman–Crippen MR) is 66.0 cm³/mol. The molecule has 0 saturated heterocycles. The standard InChI is InChI=1S/C13H13N3O2/c17-9-6-8(7-9)16-13(18)10-2-1-3-11-12(10)15-5-4-14-11/h1-5,8-9,17H,6-7H2,(H,16,18). The fourth-order valence-corrected chi connectivity index (χ4v) is 2.14. The number of fused-ring (bicyclic) bond motifs is 1. The van der Waals surface area contributed by atoms with Gasteiger partial charge in [0.25, 0.3) is 5.91 Å². The largest absolute Gasteiger partial charge is 0.393 e. The summed E-state index contributed by atoms with van der Waals surface area (Å²) in [6, 6.07) is 5.43. The first-order chi connectivity index (χ1) is 8.74. The van der Waals surface area contributed by atoms with Crippen molar-refractivity contribution in [3.8, 4) is 0 Å². The molecule has 0 aliphatic heterocycles. The van der Waals surface area contributed by atoms with Crippen LogP contribution in [-0.2, 0) is 0 Å². The van der Waals surface area contributed by atoms with Crippen molar-refractivity contribution >= 4 is 16.9 Å². The first kappa shape index (κ1) is 11.1. The van der Waals surface area contributed by atoms with Crippen molar-refractivity contribution in [2.75, 3.05) is 0 Å². The molecular formula is C13H13N3O2. The van der Waals surface area contributed by atoms with E-state index >= 15 is 0 Å². The van der Waals surface area contributed by atoms with E-state index in [2.05, 4.69) is 15.3 Å². The van der Waals surface area contributed by atoms with Crippen LogP contribution in [0.3, 0.4) is 0 Å². The highest BCUT2D eigenvalue weighted by molar-refractivity contribution is 6.04. The number of para-hydroxylation sites is 1. The van der Waals surface area contributed by atoms with Crippen LogP contribution in [0.4, 0.5) is 0 Å². The van der Waals surface area contributed by atoms with Crippen LogP contribution in [0.25, 0.3) is 11.0 Å². The number of benzene rings is 1. The van der Waals surface area contributed by atoms with E-state index in [9.17, 15) is 9.90 Å². The Morgan fingerprint density at radius 1 is 1.28 bits per heavy atom. The van der Waals surface area contributed by atoms with E-state index in [0.29, 0.717) is 29.4 Å². The third-order valence-corrected chi connectivity index (χ3v) is 3.19. The number of amides is 1. The van der Waals surface area contributed by atoms with Crippen LogP contribution in [-0.4, -0.2) is 33.1 Å². The Labute approximate surface area is 104 Å². The molecule has 1 aliphatic carbocycles. The minimum absolute atomic E-state index is 0.0689. The molecule has 2 N–H and O–H groups in total. The van der Waals surface area contributed by atoms with Crippen molar-refractivity contribution in [3.63, 3.8) is 0 Å². The van der Waals surface area contributed by atoms with Gasteiger partial charge in [0.05, 0.1) is 17.2 Å². The Morgan fingerprint density at radius 2 is 2.06 bits per heavy atom. The monoisotopic (exact) mass is 243 g/mol. The number of nitrogens with zero attached hydrogens (tertiary/aromatic N) is 2. The third-order valence-electron chi connectivity index (χ3n) is 3.19. The topological polar surface area (TPSA) is 75.1 Å². The molecule has 0 atom stereocenters. The summed E-state index contributed by atoms with van der Waals surface area (Å²) >= 11 is 0. The molecule has 0 unspecified atom stereocenters. The van der Waals surface area contributed by atoms with Gasteiger partial charge in [-0.25, -0.2) is 0 Å². The Morgan fingerprint density at radius 3 is 2.83 bits per heavy atom. The summed E-state index contributed by atoms with van der Waals surface area (Å²) < 4.78 is 0. The molecule has 1 saturated carbocycles. The Kier molecular flexibility index (Phi) is 2.68. The highest BCUT2D eigenvalue weighted by Crippen LogP contribution is 2.21. The third kappa shape index (κ3) is 1.93. The average molecular weight is 243 g/mol. The lowest BCUT2D eigenvalue weighted by Crippen LogP contribution is -2.46. The summed E-state index contributed by atoms with van der Waals surface area (Å²) in [7, 11) is 0. The Hall–Kier alpha value is -2.01. The molecule has 1 fully saturated rings. The van der Waals surface area contributed by atoms with Crippen molar-refractivity contribution in [1.29, 1.82) is 0 Å². The first-order valence-electron chi connectivity index (χ1n) is 5.92. The highest BCUT2D eigenvalue weighted by atomic mass is 16.3. The molecule has 92 valence electrons. The maximum absolute atomic E-state index is 12.1. The van der Waals surface area contributed by atoms with E-state index in [1.165, 1.54) is 0 Å². The minimum atomic E-state index is -0.275. The second kappa shape index (κ2) is 4.34. The molecule has 5 heteroatoms. The number of carbonyl (C=O) groups excluding carboxylic acids is 1. The van der Waals surface area contributed by atoms with Crippen LogP contribution < -0.4 is 5.32 Å². The van der Waals surface area contributed by atoms with E-state index in [-0.39, 0.29) is 18.1 Å².